The van der Waals surface area contributed by atoms with Gasteiger partial charge in [0.2, 0.25) is 0 Å². The molecule has 4 N–H and O–H groups in total. The second kappa shape index (κ2) is 6.61. The van der Waals surface area contributed by atoms with Crippen LogP contribution in [0.25, 0.3) is 0 Å². The van der Waals surface area contributed by atoms with E-state index in [1.807, 2.05) is 13.0 Å². The van der Waals surface area contributed by atoms with Gasteiger partial charge in [-0.2, -0.15) is 0 Å². The fraction of sp³-hybridized carbons (Fsp3) is 0.533. The number of anilines is 2. The van der Waals surface area contributed by atoms with Crippen molar-refractivity contribution in [1.29, 1.82) is 0 Å². The molecular weight excluding hydrogens is 254 g/mol. The van der Waals surface area contributed by atoms with Crippen molar-refractivity contribution in [2.24, 2.45) is 0 Å². The molecule has 2 unspecified atom stereocenters. The lowest BCUT2D eigenvalue weighted by Gasteiger charge is -2.22. The van der Waals surface area contributed by atoms with E-state index in [1.54, 1.807) is 19.2 Å². The van der Waals surface area contributed by atoms with Crippen molar-refractivity contribution in [3.05, 3.63) is 23.8 Å². The van der Waals surface area contributed by atoms with Gasteiger partial charge in [0.15, 0.2) is 0 Å². The summed E-state index contributed by atoms with van der Waals surface area (Å²) < 4.78 is 5.47. The number of benzene rings is 1. The quantitative estimate of drug-likeness (QED) is 0.719. The van der Waals surface area contributed by atoms with Crippen LogP contribution in [0.3, 0.4) is 0 Å². The molecule has 0 saturated heterocycles. The highest BCUT2D eigenvalue weighted by molar-refractivity contribution is 5.96. The van der Waals surface area contributed by atoms with Gasteiger partial charge in [-0.25, -0.2) is 0 Å². The molecule has 0 aliphatic heterocycles. The van der Waals surface area contributed by atoms with Gasteiger partial charge in [0.1, 0.15) is 0 Å². The number of carbonyl (C=O) groups is 1. The van der Waals surface area contributed by atoms with Gasteiger partial charge in [-0.3, -0.25) is 4.79 Å². The maximum absolute atomic E-state index is 11.9. The zero-order valence-corrected chi connectivity index (χ0v) is 12.1. The topological polar surface area (TPSA) is 76.4 Å². The molecule has 0 heterocycles. The summed E-state index contributed by atoms with van der Waals surface area (Å²) >= 11 is 0. The van der Waals surface area contributed by atoms with Crippen LogP contribution in [0.15, 0.2) is 18.2 Å². The van der Waals surface area contributed by atoms with Gasteiger partial charge in [-0.05, 0) is 44.4 Å². The molecular formula is C15H23N3O2. The first kappa shape index (κ1) is 14.7. The summed E-state index contributed by atoms with van der Waals surface area (Å²) in [6.07, 6.45) is 3.47. The van der Waals surface area contributed by atoms with Gasteiger partial charge in [-0.15, -0.1) is 0 Å². The number of hydrogen-bond donors (Lipinski definition) is 3. The van der Waals surface area contributed by atoms with Crippen LogP contribution in [0.4, 0.5) is 11.4 Å². The first-order chi connectivity index (χ1) is 9.65. The van der Waals surface area contributed by atoms with Gasteiger partial charge < -0.3 is 21.1 Å². The molecule has 2 atom stereocenters. The Kier molecular flexibility index (Phi) is 4.84. The fourth-order valence-electron chi connectivity index (χ4n) is 2.66. The molecule has 0 aromatic heterocycles. The minimum atomic E-state index is -0.0785. The number of hydrogen-bond acceptors (Lipinski definition) is 4. The Morgan fingerprint density at radius 2 is 2.25 bits per heavy atom. The largest absolute Gasteiger partial charge is 0.397 e. The Hall–Kier alpha value is -1.75. The fourth-order valence-corrected chi connectivity index (χ4v) is 2.66. The molecule has 5 nitrogen and oxygen atoms in total. The standard InChI is InChI=1S/C15H23N3O2/c1-3-17-15(19)10-7-8-11(16)13(9-10)18-12-5-4-6-14(12)20-2/h7-9,12,14,18H,3-6,16H2,1-2H3,(H,17,19). The maximum atomic E-state index is 11.9. The Labute approximate surface area is 119 Å². The lowest BCUT2D eigenvalue weighted by molar-refractivity contribution is 0.0956. The van der Waals surface area contributed by atoms with Gasteiger partial charge in [0.25, 0.3) is 5.91 Å². The van der Waals surface area contributed by atoms with Crippen LogP contribution >= 0.6 is 0 Å². The van der Waals surface area contributed by atoms with Gasteiger partial charge in [0.05, 0.1) is 23.5 Å². The van der Waals surface area contributed by atoms with Crippen LogP contribution in [0.1, 0.15) is 36.5 Å². The number of nitrogens with two attached hydrogens (primary N) is 1. The van der Waals surface area contributed by atoms with Crippen LogP contribution in [-0.4, -0.2) is 31.7 Å². The van der Waals surface area contributed by atoms with E-state index in [9.17, 15) is 4.79 Å². The normalized spacial score (nSPS) is 21.7. The summed E-state index contributed by atoms with van der Waals surface area (Å²) in [6.45, 7) is 2.51. The zero-order chi connectivity index (χ0) is 14.5. The second-order valence-corrected chi connectivity index (χ2v) is 5.12. The van der Waals surface area contributed by atoms with E-state index in [0.29, 0.717) is 17.8 Å². The average molecular weight is 277 g/mol. The van der Waals surface area contributed by atoms with Crippen molar-refractivity contribution in [2.75, 3.05) is 24.7 Å². The van der Waals surface area contributed by atoms with E-state index in [0.717, 1.165) is 24.9 Å². The third kappa shape index (κ3) is 3.22. The van der Waals surface area contributed by atoms with Crippen molar-refractivity contribution in [2.45, 2.75) is 38.3 Å². The van der Waals surface area contributed by atoms with Crippen LogP contribution in [0.5, 0.6) is 0 Å². The van der Waals surface area contributed by atoms with Crippen molar-refractivity contribution in [3.63, 3.8) is 0 Å². The summed E-state index contributed by atoms with van der Waals surface area (Å²) in [4.78, 5) is 11.9. The highest BCUT2D eigenvalue weighted by Gasteiger charge is 2.27. The Bertz CT molecular complexity index is 476. The van der Waals surface area contributed by atoms with E-state index < -0.39 is 0 Å². The molecule has 1 aromatic carbocycles. The van der Waals surface area contributed by atoms with Gasteiger partial charge in [-0.1, -0.05) is 0 Å². The third-order valence-corrected chi connectivity index (χ3v) is 3.75. The molecule has 110 valence electrons. The van der Waals surface area contributed by atoms with E-state index in [-0.39, 0.29) is 18.1 Å². The van der Waals surface area contributed by atoms with Crippen molar-refractivity contribution < 1.29 is 9.53 Å². The minimum Gasteiger partial charge on any atom is -0.397 e. The molecule has 20 heavy (non-hydrogen) atoms. The average Bonchev–Trinajstić information content (AvgIpc) is 2.88. The molecule has 1 aliphatic rings. The monoisotopic (exact) mass is 277 g/mol. The third-order valence-electron chi connectivity index (χ3n) is 3.75. The predicted octanol–water partition coefficient (Wildman–Crippen LogP) is 2.00. The van der Waals surface area contributed by atoms with E-state index in [2.05, 4.69) is 10.6 Å². The van der Waals surface area contributed by atoms with Gasteiger partial charge in [0, 0.05) is 19.2 Å². The maximum Gasteiger partial charge on any atom is 0.251 e. The minimum absolute atomic E-state index is 0.0785. The number of carbonyl (C=O) groups excluding carboxylic acids is 1. The first-order valence-corrected chi connectivity index (χ1v) is 7.12. The number of ether oxygens (including phenoxy) is 1. The zero-order valence-electron chi connectivity index (χ0n) is 12.1. The van der Waals surface area contributed by atoms with Crippen LogP contribution < -0.4 is 16.4 Å². The summed E-state index contributed by atoms with van der Waals surface area (Å²) in [7, 11) is 1.74. The summed E-state index contributed by atoms with van der Waals surface area (Å²) in [6, 6.07) is 5.58. The van der Waals surface area contributed by atoms with Crippen molar-refractivity contribution >= 4 is 17.3 Å². The molecule has 5 heteroatoms. The molecule has 1 fully saturated rings. The summed E-state index contributed by atoms with van der Waals surface area (Å²) in [5.74, 6) is -0.0785. The lowest BCUT2D eigenvalue weighted by Crippen LogP contribution is -2.30. The number of nitrogen functional groups attached to an aromatic ring is 1. The van der Waals surface area contributed by atoms with Crippen molar-refractivity contribution in [1.82, 2.24) is 5.32 Å². The van der Waals surface area contributed by atoms with Crippen molar-refractivity contribution in [3.8, 4) is 0 Å². The molecule has 2 rings (SSSR count). The first-order valence-electron chi connectivity index (χ1n) is 7.12. The second-order valence-electron chi connectivity index (χ2n) is 5.12. The highest BCUT2D eigenvalue weighted by Crippen LogP contribution is 2.28. The van der Waals surface area contributed by atoms with Crippen LogP contribution in [-0.2, 0) is 4.74 Å². The number of rotatable bonds is 5. The molecule has 1 aromatic rings. The summed E-state index contributed by atoms with van der Waals surface area (Å²) in [5.41, 5.74) is 8.08. The number of methoxy groups -OCH3 is 1. The molecule has 1 saturated carbocycles. The smallest absolute Gasteiger partial charge is 0.251 e. The molecule has 1 aliphatic carbocycles. The molecule has 0 spiro atoms. The molecule has 0 bridgehead atoms. The van der Waals surface area contributed by atoms with Crippen LogP contribution in [0.2, 0.25) is 0 Å². The highest BCUT2D eigenvalue weighted by atomic mass is 16.5. The SMILES string of the molecule is CCNC(=O)c1ccc(N)c(NC2CCCC2OC)c1. The lowest BCUT2D eigenvalue weighted by atomic mass is 10.1. The van der Waals surface area contributed by atoms with Crippen LogP contribution in [0, 0.1) is 0 Å². The Balaban J connectivity index is 2.14. The van der Waals surface area contributed by atoms with E-state index >= 15 is 0 Å². The van der Waals surface area contributed by atoms with Gasteiger partial charge >= 0.3 is 0 Å². The van der Waals surface area contributed by atoms with E-state index in [4.69, 9.17) is 10.5 Å². The Morgan fingerprint density at radius 1 is 1.45 bits per heavy atom. The predicted molar refractivity (Wildman–Crippen MR) is 80.9 cm³/mol. The Morgan fingerprint density at radius 3 is 2.95 bits per heavy atom. The number of amides is 1. The molecule has 0 radical (unpaired) electrons. The molecule has 1 amide bonds. The van der Waals surface area contributed by atoms with E-state index in [1.165, 1.54) is 0 Å². The number of nitrogens with one attached hydrogen (secondary N) is 2. The summed E-state index contributed by atoms with van der Waals surface area (Å²) in [5, 5.41) is 6.21.